The Morgan fingerprint density at radius 2 is 1.97 bits per heavy atom. The Labute approximate surface area is 179 Å². The number of hydrogen-bond donors (Lipinski definition) is 2. The number of ether oxygens (including phenoxy) is 1. The molecule has 8 heteroatoms. The summed E-state index contributed by atoms with van der Waals surface area (Å²) < 4.78 is 6.83. The van der Waals surface area contributed by atoms with Crippen molar-refractivity contribution in [2.75, 3.05) is 18.2 Å². The lowest BCUT2D eigenvalue weighted by molar-refractivity contribution is -0.116. The van der Waals surface area contributed by atoms with Crippen LogP contribution in [0.5, 0.6) is 5.75 Å². The van der Waals surface area contributed by atoms with Gasteiger partial charge in [-0.3, -0.25) is 9.78 Å². The summed E-state index contributed by atoms with van der Waals surface area (Å²) in [6, 6.07) is 16.8. The van der Waals surface area contributed by atoms with Crippen LogP contribution < -0.4 is 15.8 Å². The molecule has 8 nitrogen and oxygen atoms in total. The molecule has 0 saturated heterocycles. The predicted molar refractivity (Wildman–Crippen MR) is 119 cm³/mol. The zero-order chi connectivity index (χ0) is 21.6. The average molecular weight is 414 g/mol. The van der Waals surface area contributed by atoms with Crippen LogP contribution in [0.3, 0.4) is 0 Å². The first-order valence-electron chi connectivity index (χ1n) is 9.78. The fraction of sp³-hybridized carbons (Fsp3) is 0.130. The SMILES string of the molecule is COc1ccc(-n2cc(CCC(=O)Nc3cc(-c4cccnc4)ccc3N)nn2)cc1. The second-order valence-corrected chi connectivity index (χ2v) is 6.94. The van der Waals surface area contributed by atoms with Crippen LogP contribution >= 0.6 is 0 Å². The summed E-state index contributed by atoms with van der Waals surface area (Å²) in [4.78, 5) is 16.6. The Kier molecular flexibility index (Phi) is 5.89. The third kappa shape index (κ3) is 4.87. The lowest BCUT2D eigenvalue weighted by Crippen LogP contribution is -2.13. The molecule has 2 heterocycles. The number of hydrogen-bond acceptors (Lipinski definition) is 6. The van der Waals surface area contributed by atoms with Gasteiger partial charge >= 0.3 is 0 Å². The number of aromatic nitrogens is 4. The molecule has 0 bridgehead atoms. The Morgan fingerprint density at radius 1 is 1.13 bits per heavy atom. The van der Waals surface area contributed by atoms with Gasteiger partial charge in [-0.1, -0.05) is 17.3 Å². The number of nitrogens with zero attached hydrogens (tertiary/aromatic N) is 4. The summed E-state index contributed by atoms with van der Waals surface area (Å²) in [6.45, 7) is 0. The van der Waals surface area contributed by atoms with Crippen molar-refractivity contribution in [2.45, 2.75) is 12.8 Å². The maximum absolute atomic E-state index is 12.5. The van der Waals surface area contributed by atoms with E-state index in [9.17, 15) is 4.79 Å². The molecule has 4 rings (SSSR count). The van der Waals surface area contributed by atoms with E-state index >= 15 is 0 Å². The third-order valence-corrected chi connectivity index (χ3v) is 4.81. The number of rotatable bonds is 7. The molecule has 31 heavy (non-hydrogen) atoms. The van der Waals surface area contributed by atoms with Crippen LogP contribution in [-0.2, 0) is 11.2 Å². The highest BCUT2D eigenvalue weighted by atomic mass is 16.5. The molecule has 0 atom stereocenters. The van der Waals surface area contributed by atoms with E-state index in [0.29, 0.717) is 17.8 Å². The largest absolute Gasteiger partial charge is 0.497 e. The summed E-state index contributed by atoms with van der Waals surface area (Å²) in [5.74, 6) is 0.627. The van der Waals surface area contributed by atoms with Crippen molar-refractivity contribution in [3.05, 3.63) is 78.9 Å². The van der Waals surface area contributed by atoms with Gasteiger partial charge in [0.25, 0.3) is 0 Å². The van der Waals surface area contributed by atoms with Crippen molar-refractivity contribution in [1.82, 2.24) is 20.0 Å². The van der Waals surface area contributed by atoms with Crippen molar-refractivity contribution in [3.8, 4) is 22.6 Å². The van der Waals surface area contributed by atoms with E-state index in [1.807, 2.05) is 54.7 Å². The van der Waals surface area contributed by atoms with E-state index in [4.69, 9.17) is 10.5 Å². The van der Waals surface area contributed by atoms with Gasteiger partial charge < -0.3 is 15.8 Å². The minimum absolute atomic E-state index is 0.144. The monoisotopic (exact) mass is 414 g/mol. The molecule has 0 saturated carbocycles. The molecule has 0 fully saturated rings. The molecule has 0 aliphatic rings. The maximum atomic E-state index is 12.5. The first-order valence-corrected chi connectivity index (χ1v) is 9.78. The van der Waals surface area contributed by atoms with E-state index in [0.717, 1.165) is 28.3 Å². The fourth-order valence-electron chi connectivity index (χ4n) is 3.11. The lowest BCUT2D eigenvalue weighted by atomic mass is 10.1. The molecule has 0 unspecified atom stereocenters. The lowest BCUT2D eigenvalue weighted by Gasteiger charge is -2.10. The second kappa shape index (κ2) is 9.08. The predicted octanol–water partition coefficient (Wildman–Crippen LogP) is 3.49. The van der Waals surface area contributed by atoms with Gasteiger partial charge in [-0.25, -0.2) is 4.68 Å². The van der Waals surface area contributed by atoms with Crippen LogP contribution in [0.25, 0.3) is 16.8 Å². The van der Waals surface area contributed by atoms with Crippen LogP contribution in [0.1, 0.15) is 12.1 Å². The number of nitrogens with two attached hydrogens (primary N) is 1. The minimum atomic E-state index is -0.144. The molecule has 2 aromatic heterocycles. The zero-order valence-electron chi connectivity index (χ0n) is 17.0. The molecule has 3 N–H and O–H groups in total. The third-order valence-electron chi connectivity index (χ3n) is 4.81. The maximum Gasteiger partial charge on any atom is 0.224 e. The van der Waals surface area contributed by atoms with Gasteiger partial charge in [-0.15, -0.1) is 5.10 Å². The minimum Gasteiger partial charge on any atom is -0.497 e. The van der Waals surface area contributed by atoms with E-state index < -0.39 is 0 Å². The Morgan fingerprint density at radius 3 is 2.71 bits per heavy atom. The summed E-state index contributed by atoms with van der Waals surface area (Å²) in [6.07, 6.45) is 6.02. The van der Waals surface area contributed by atoms with Crippen LogP contribution in [0.2, 0.25) is 0 Å². The first-order chi connectivity index (χ1) is 15.1. The van der Waals surface area contributed by atoms with E-state index in [2.05, 4.69) is 20.6 Å². The Bertz CT molecular complexity index is 1170. The quantitative estimate of drug-likeness (QED) is 0.448. The van der Waals surface area contributed by atoms with Gasteiger partial charge in [0.15, 0.2) is 0 Å². The van der Waals surface area contributed by atoms with Gasteiger partial charge in [-0.05, 0) is 48.0 Å². The number of pyridine rings is 1. The highest BCUT2D eigenvalue weighted by Gasteiger charge is 2.10. The van der Waals surface area contributed by atoms with E-state index in [1.165, 1.54) is 0 Å². The number of carbonyl (C=O) groups excluding carboxylic acids is 1. The number of nitrogen functional groups attached to an aromatic ring is 1. The number of nitrogens with one attached hydrogen (secondary N) is 1. The van der Waals surface area contributed by atoms with Gasteiger partial charge in [0.05, 0.1) is 36.1 Å². The van der Waals surface area contributed by atoms with Gasteiger partial charge in [0.2, 0.25) is 5.91 Å². The van der Waals surface area contributed by atoms with E-state index in [1.54, 1.807) is 30.3 Å². The molecule has 0 aliphatic heterocycles. The van der Waals surface area contributed by atoms with Gasteiger partial charge in [0, 0.05) is 30.8 Å². The van der Waals surface area contributed by atoms with Crippen molar-refractivity contribution in [3.63, 3.8) is 0 Å². The van der Waals surface area contributed by atoms with Crippen molar-refractivity contribution >= 4 is 17.3 Å². The van der Waals surface area contributed by atoms with Gasteiger partial charge in [-0.2, -0.15) is 0 Å². The van der Waals surface area contributed by atoms with Crippen LogP contribution in [-0.4, -0.2) is 33.0 Å². The molecule has 0 radical (unpaired) electrons. The smallest absolute Gasteiger partial charge is 0.224 e. The number of amides is 1. The molecule has 2 aromatic carbocycles. The first kappa shape index (κ1) is 20.1. The molecular formula is C23H22N6O2. The molecule has 4 aromatic rings. The van der Waals surface area contributed by atoms with E-state index in [-0.39, 0.29) is 12.3 Å². The Balaban J connectivity index is 1.38. The van der Waals surface area contributed by atoms with Crippen LogP contribution in [0.15, 0.2) is 73.2 Å². The number of aryl methyl sites for hydroxylation is 1. The number of benzene rings is 2. The van der Waals surface area contributed by atoms with Crippen LogP contribution in [0.4, 0.5) is 11.4 Å². The summed E-state index contributed by atoms with van der Waals surface area (Å²) in [5.41, 5.74) is 10.6. The normalized spacial score (nSPS) is 10.6. The van der Waals surface area contributed by atoms with Crippen molar-refractivity contribution in [1.29, 1.82) is 0 Å². The summed E-state index contributed by atoms with van der Waals surface area (Å²) in [7, 11) is 1.62. The summed E-state index contributed by atoms with van der Waals surface area (Å²) >= 11 is 0. The Hall–Kier alpha value is -4.20. The van der Waals surface area contributed by atoms with Crippen LogP contribution in [0, 0.1) is 0 Å². The molecule has 156 valence electrons. The summed E-state index contributed by atoms with van der Waals surface area (Å²) in [5, 5.41) is 11.2. The zero-order valence-corrected chi connectivity index (χ0v) is 17.0. The van der Waals surface area contributed by atoms with Crippen molar-refractivity contribution < 1.29 is 9.53 Å². The molecule has 0 spiro atoms. The number of carbonyl (C=O) groups is 1. The highest BCUT2D eigenvalue weighted by molar-refractivity contribution is 5.95. The highest BCUT2D eigenvalue weighted by Crippen LogP contribution is 2.27. The molecule has 0 aliphatic carbocycles. The standard InChI is InChI=1S/C23H22N6O2/c1-31-20-8-6-19(7-9-20)29-15-18(27-28-29)5-11-23(30)26-22-13-16(4-10-21(22)24)17-3-2-12-25-14-17/h2-4,6-10,12-15H,5,11,24H2,1H3,(H,26,30). The second-order valence-electron chi connectivity index (χ2n) is 6.94. The average Bonchev–Trinajstić information content (AvgIpc) is 3.29. The molecule has 1 amide bonds. The topological polar surface area (TPSA) is 108 Å². The van der Waals surface area contributed by atoms with Crippen molar-refractivity contribution in [2.24, 2.45) is 0 Å². The number of methoxy groups -OCH3 is 1. The fourth-order valence-corrected chi connectivity index (χ4v) is 3.11. The van der Waals surface area contributed by atoms with Gasteiger partial charge in [0.1, 0.15) is 5.75 Å². The number of anilines is 2. The molecular weight excluding hydrogens is 392 g/mol.